The minimum absolute atomic E-state index is 0.188. The van der Waals surface area contributed by atoms with Gasteiger partial charge in [0, 0.05) is 30.0 Å². The fourth-order valence-corrected chi connectivity index (χ4v) is 4.62. The molecule has 9 nitrogen and oxygen atoms in total. The minimum atomic E-state index is -0.454. The lowest BCUT2D eigenvalue weighted by molar-refractivity contribution is -0.0162. The van der Waals surface area contributed by atoms with Crippen LogP contribution in [-0.4, -0.2) is 43.7 Å². The number of carbonyl (C=O) groups is 1. The van der Waals surface area contributed by atoms with Crippen LogP contribution in [0, 0.1) is 5.92 Å². The zero-order chi connectivity index (χ0) is 24.9. The molecule has 186 valence electrons. The van der Waals surface area contributed by atoms with Gasteiger partial charge in [-0.2, -0.15) is 4.98 Å². The predicted octanol–water partition coefficient (Wildman–Crippen LogP) is 3.97. The number of hydrogen-bond donors (Lipinski definition) is 1. The zero-order valence-corrected chi connectivity index (χ0v) is 20.9. The summed E-state index contributed by atoms with van der Waals surface area (Å²) in [6.45, 7) is 10.7. The number of nitrogens with one attached hydrogen (secondary N) is 1. The van der Waals surface area contributed by atoms with Gasteiger partial charge in [-0.25, -0.2) is 4.98 Å². The Balaban J connectivity index is 1.49. The van der Waals surface area contributed by atoms with Crippen molar-refractivity contribution in [2.24, 2.45) is 5.92 Å². The van der Waals surface area contributed by atoms with Crippen molar-refractivity contribution in [2.45, 2.75) is 77.5 Å². The number of amides is 1. The molecule has 0 aromatic carbocycles. The van der Waals surface area contributed by atoms with Crippen molar-refractivity contribution in [3.05, 3.63) is 52.3 Å². The van der Waals surface area contributed by atoms with Gasteiger partial charge in [0.25, 0.3) is 11.5 Å². The second-order valence-corrected chi connectivity index (χ2v) is 10.5. The lowest BCUT2D eigenvalue weighted by Crippen LogP contribution is -2.36. The first-order valence-electron chi connectivity index (χ1n) is 12.4. The molecule has 1 saturated heterocycles. The molecule has 3 aromatic heterocycles. The minimum Gasteiger partial charge on any atom is -0.474 e. The summed E-state index contributed by atoms with van der Waals surface area (Å²) >= 11 is 0. The summed E-state index contributed by atoms with van der Waals surface area (Å²) in [4.78, 5) is 35.6. The van der Waals surface area contributed by atoms with Crippen molar-refractivity contribution < 1.29 is 14.3 Å². The van der Waals surface area contributed by atoms with Crippen molar-refractivity contribution >= 4 is 17.4 Å². The van der Waals surface area contributed by atoms with Crippen molar-refractivity contribution in [1.29, 1.82) is 0 Å². The molecule has 1 N–H and O–H groups in total. The molecule has 0 spiro atoms. The van der Waals surface area contributed by atoms with Crippen molar-refractivity contribution in [2.75, 3.05) is 11.9 Å². The molecule has 5 rings (SSSR count). The maximum atomic E-state index is 13.3. The van der Waals surface area contributed by atoms with E-state index in [-0.39, 0.29) is 46.4 Å². The highest BCUT2D eigenvalue weighted by Crippen LogP contribution is 2.41. The average Bonchev–Trinajstić information content (AvgIpc) is 3.37. The summed E-state index contributed by atoms with van der Waals surface area (Å²) in [5.74, 6) is 0.654. The Labute approximate surface area is 204 Å². The molecule has 1 aliphatic heterocycles. The van der Waals surface area contributed by atoms with Crippen LogP contribution >= 0.6 is 0 Å². The summed E-state index contributed by atoms with van der Waals surface area (Å²) in [5, 5.41) is 2.78. The van der Waals surface area contributed by atoms with Crippen LogP contribution in [0.15, 0.2) is 35.5 Å². The Morgan fingerprint density at radius 1 is 1.29 bits per heavy atom. The van der Waals surface area contributed by atoms with Gasteiger partial charge in [-0.15, -0.1) is 0 Å². The van der Waals surface area contributed by atoms with Crippen LogP contribution in [0.2, 0.25) is 0 Å². The van der Waals surface area contributed by atoms with E-state index in [0.717, 1.165) is 25.0 Å². The zero-order valence-electron chi connectivity index (χ0n) is 20.9. The maximum Gasteiger partial charge on any atom is 0.274 e. The molecule has 2 fully saturated rings. The van der Waals surface area contributed by atoms with Gasteiger partial charge in [-0.1, -0.05) is 13.8 Å². The molecule has 1 aliphatic carbocycles. The summed E-state index contributed by atoms with van der Waals surface area (Å²) < 4.78 is 15.2. The van der Waals surface area contributed by atoms with Gasteiger partial charge >= 0.3 is 0 Å². The molecule has 9 heteroatoms. The monoisotopic (exact) mass is 479 g/mol. The number of aromatic nitrogens is 4. The van der Waals surface area contributed by atoms with Gasteiger partial charge < -0.3 is 19.4 Å². The molecule has 35 heavy (non-hydrogen) atoms. The van der Waals surface area contributed by atoms with E-state index in [9.17, 15) is 9.59 Å². The molecular formula is C26H33N5O4. The molecular weight excluding hydrogens is 446 g/mol. The number of imidazole rings is 1. The Morgan fingerprint density at radius 2 is 2.06 bits per heavy atom. The van der Waals surface area contributed by atoms with Crippen LogP contribution in [0.4, 0.5) is 5.69 Å². The molecule has 0 bridgehead atoms. The van der Waals surface area contributed by atoms with E-state index >= 15 is 0 Å². The lowest BCUT2D eigenvalue weighted by atomic mass is 9.81. The van der Waals surface area contributed by atoms with E-state index in [1.54, 1.807) is 33.5 Å². The third-order valence-electron chi connectivity index (χ3n) is 7.06. The number of anilines is 1. The van der Waals surface area contributed by atoms with Crippen LogP contribution in [0.3, 0.4) is 0 Å². The predicted molar refractivity (Wildman–Crippen MR) is 132 cm³/mol. The number of fused-ring (bicyclic) bond motifs is 1. The molecule has 3 aromatic rings. The summed E-state index contributed by atoms with van der Waals surface area (Å²) in [7, 11) is 0. The standard InChI is InChI=1S/C26H33N5O4/c1-15(2)35-23-18(22(32)27-19-7-6-10-31(24(19)33)20-11-16(20)3)12-30-13-21(28-25(30)29-23)26(5)9-8-17(4)34-14-26/h6-7,10,12-13,15-17,20H,8-9,11,14H2,1-5H3,(H,27,32)/t16-,17?,20-,26-/m0/s1. The second kappa shape index (κ2) is 8.78. The van der Waals surface area contributed by atoms with E-state index < -0.39 is 5.91 Å². The van der Waals surface area contributed by atoms with Crippen molar-refractivity contribution in [1.82, 2.24) is 18.9 Å². The number of hydrogen-bond acceptors (Lipinski definition) is 6. The van der Waals surface area contributed by atoms with Gasteiger partial charge in [0.2, 0.25) is 11.7 Å². The Kier molecular flexibility index (Phi) is 5.91. The number of carbonyl (C=O) groups excluding carboxylic acids is 1. The largest absolute Gasteiger partial charge is 0.474 e. The first-order valence-corrected chi connectivity index (χ1v) is 12.4. The van der Waals surface area contributed by atoms with Gasteiger partial charge in [0.05, 0.1) is 24.5 Å². The van der Waals surface area contributed by atoms with E-state index in [2.05, 4.69) is 31.1 Å². The number of ether oxygens (including phenoxy) is 2. The summed E-state index contributed by atoms with van der Waals surface area (Å²) in [5.41, 5.74) is 0.911. The van der Waals surface area contributed by atoms with Crippen LogP contribution in [0.25, 0.3) is 5.78 Å². The van der Waals surface area contributed by atoms with E-state index in [4.69, 9.17) is 14.5 Å². The normalized spacial score (nSPS) is 26.2. The Hall–Kier alpha value is -3.20. The SMILES string of the molecule is CC(C)Oc1nc2nc([C@@]3(C)CCC(C)OC3)cn2cc1C(=O)Nc1cccn([C@H]2C[C@@H]2C)c1=O. The Bertz CT molecular complexity index is 1320. The molecule has 0 radical (unpaired) electrons. The third-order valence-corrected chi connectivity index (χ3v) is 7.06. The molecule has 4 atom stereocenters. The van der Waals surface area contributed by atoms with Gasteiger partial charge in [-0.05, 0) is 58.1 Å². The third kappa shape index (κ3) is 4.57. The molecule has 1 unspecified atom stereocenters. The molecule has 2 aliphatic rings. The van der Waals surface area contributed by atoms with Gasteiger partial charge in [0.1, 0.15) is 11.3 Å². The first-order chi connectivity index (χ1) is 16.6. The van der Waals surface area contributed by atoms with Crippen LogP contribution in [0.1, 0.15) is 76.0 Å². The van der Waals surface area contributed by atoms with Crippen LogP contribution in [0.5, 0.6) is 5.88 Å². The van der Waals surface area contributed by atoms with Gasteiger partial charge in [0.15, 0.2) is 0 Å². The molecule has 1 amide bonds. The first kappa shape index (κ1) is 23.5. The quantitative estimate of drug-likeness (QED) is 0.574. The summed E-state index contributed by atoms with van der Waals surface area (Å²) in [6.07, 6.45) is 8.29. The summed E-state index contributed by atoms with van der Waals surface area (Å²) in [6, 6.07) is 3.60. The topological polar surface area (TPSA) is 99.8 Å². The Morgan fingerprint density at radius 3 is 2.71 bits per heavy atom. The van der Waals surface area contributed by atoms with Crippen LogP contribution < -0.4 is 15.6 Å². The van der Waals surface area contributed by atoms with E-state index in [1.807, 2.05) is 20.0 Å². The fraction of sp³-hybridized carbons (Fsp3) is 0.538. The highest BCUT2D eigenvalue weighted by Gasteiger charge is 2.36. The molecule has 4 heterocycles. The van der Waals surface area contributed by atoms with E-state index in [0.29, 0.717) is 18.3 Å². The van der Waals surface area contributed by atoms with Crippen molar-refractivity contribution in [3.8, 4) is 5.88 Å². The molecule has 1 saturated carbocycles. The smallest absolute Gasteiger partial charge is 0.274 e. The average molecular weight is 480 g/mol. The highest BCUT2D eigenvalue weighted by atomic mass is 16.5. The van der Waals surface area contributed by atoms with E-state index in [1.165, 1.54) is 0 Å². The second-order valence-electron chi connectivity index (χ2n) is 10.5. The number of pyridine rings is 1. The van der Waals surface area contributed by atoms with Crippen LogP contribution in [-0.2, 0) is 10.2 Å². The maximum absolute atomic E-state index is 13.3. The highest BCUT2D eigenvalue weighted by molar-refractivity contribution is 6.05. The number of nitrogens with zero attached hydrogens (tertiary/aromatic N) is 4. The lowest BCUT2D eigenvalue weighted by Gasteiger charge is -2.34. The fourth-order valence-electron chi connectivity index (χ4n) is 4.62. The van der Waals surface area contributed by atoms with Gasteiger partial charge in [-0.3, -0.25) is 14.0 Å². The number of rotatable bonds is 6. The van der Waals surface area contributed by atoms with Crippen molar-refractivity contribution in [3.63, 3.8) is 0 Å².